The van der Waals surface area contributed by atoms with Gasteiger partial charge in [0.25, 0.3) is 0 Å². The standard InChI is InChI=1S/C12H13ClFNO5S/c13-9-5-10(14)8(4-11(9)21(15,17)18)12(16)20-6-7-2-1-3-19-7/h4-5,7H,1-3,6H2,(H2,15,17,18). The number of nitrogens with two attached hydrogens (primary N) is 1. The lowest BCUT2D eigenvalue weighted by molar-refractivity contribution is 0.0157. The molecule has 1 heterocycles. The summed E-state index contributed by atoms with van der Waals surface area (Å²) in [6.07, 6.45) is 1.40. The van der Waals surface area contributed by atoms with E-state index in [4.69, 9.17) is 26.2 Å². The Labute approximate surface area is 126 Å². The maximum Gasteiger partial charge on any atom is 0.341 e. The van der Waals surface area contributed by atoms with Crippen LogP contribution in [0.4, 0.5) is 4.39 Å². The summed E-state index contributed by atoms with van der Waals surface area (Å²) in [5, 5.41) is 4.55. The van der Waals surface area contributed by atoms with Crippen molar-refractivity contribution in [2.24, 2.45) is 5.14 Å². The molecule has 0 bridgehead atoms. The van der Waals surface area contributed by atoms with Gasteiger partial charge in [-0.15, -0.1) is 0 Å². The van der Waals surface area contributed by atoms with Gasteiger partial charge in [0.05, 0.1) is 16.7 Å². The van der Waals surface area contributed by atoms with Crippen molar-refractivity contribution < 1.29 is 27.1 Å². The van der Waals surface area contributed by atoms with E-state index < -0.39 is 37.3 Å². The molecule has 1 fully saturated rings. The molecule has 1 aromatic carbocycles. The minimum absolute atomic E-state index is 0.0222. The SMILES string of the molecule is NS(=O)(=O)c1cc(C(=O)OCC2CCCO2)c(F)cc1Cl. The molecular weight excluding hydrogens is 325 g/mol. The van der Waals surface area contributed by atoms with Gasteiger partial charge >= 0.3 is 5.97 Å². The highest BCUT2D eigenvalue weighted by Crippen LogP contribution is 2.25. The van der Waals surface area contributed by atoms with E-state index >= 15 is 0 Å². The number of ether oxygens (including phenoxy) is 2. The second-order valence-corrected chi connectivity index (χ2v) is 6.48. The lowest BCUT2D eigenvalue weighted by atomic mass is 10.2. The second-order valence-electron chi connectivity index (χ2n) is 4.54. The summed E-state index contributed by atoms with van der Waals surface area (Å²) in [5.41, 5.74) is -0.540. The number of sulfonamides is 1. The zero-order valence-corrected chi connectivity index (χ0v) is 12.4. The highest BCUT2D eigenvalue weighted by atomic mass is 35.5. The van der Waals surface area contributed by atoms with Crippen molar-refractivity contribution in [2.75, 3.05) is 13.2 Å². The Morgan fingerprint density at radius 2 is 2.24 bits per heavy atom. The van der Waals surface area contributed by atoms with Gasteiger partial charge in [-0.2, -0.15) is 0 Å². The molecule has 21 heavy (non-hydrogen) atoms. The smallest absolute Gasteiger partial charge is 0.341 e. The summed E-state index contributed by atoms with van der Waals surface area (Å²) < 4.78 is 46.5. The van der Waals surface area contributed by atoms with Crippen LogP contribution in [0.5, 0.6) is 0 Å². The van der Waals surface area contributed by atoms with E-state index in [1.807, 2.05) is 0 Å². The summed E-state index contributed by atoms with van der Waals surface area (Å²) in [7, 11) is -4.17. The van der Waals surface area contributed by atoms with Crippen LogP contribution in [0.3, 0.4) is 0 Å². The predicted octanol–water partition coefficient (Wildman–Crippen LogP) is 1.46. The molecule has 1 unspecified atom stereocenters. The maximum atomic E-state index is 13.7. The van der Waals surface area contributed by atoms with Crippen molar-refractivity contribution in [1.29, 1.82) is 0 Å². The van der Waals surface area contributed by atoms with Gasteiger partial charge in [0.15, 0.2) is 0 Å². The molecule has 1 aliphatic rings. The summed E-state index contributed by atoms with van der Waals surface area (Å²) in [6.45, 7) is 0.568. The molecular formula is C12H13ClFNO5S. The Bertz CT molecular complexity index is 658. The lowest BCUT2D eigenvalue weighted by Gasteiger charge is -2.11. The molecule has 1 saturated heterocycles. The van der Waals surface area contributed by atoms with Crippen LogP contribution in [0.25, 0.3) is 0 Å². The first-order chi connectivity index (χ1) is 9.79. The quantitative estimate of drug-likeness (QED) is 0.839. The molecule has 116 valence electrons. The molecule has 0 aromatic heterocycles. The van der Waals surface area contributed by atoms with E-state index in [1.165, 1.54) is 0 Å². The van der Waals surface area contributed by atoms with Gasteiger partial charge in [0.2, 0.25) is 10.0 Å². The largest absolute Gasteiger partial charge is 0.459 e. The molecule has 6 nitrogen and oxygen atoms in total. The van der Waals surface area contributed by atoms with Gasteiger partial charge in [-0.05, 0) is 25.0 Å². The Morgan fingerprint density at radius 1 is 1.52 bits per heavy atom. The minimum atomic E-state index is -4.17. The number of hydrogen-bond acceptors (Lipinski definition) is 5. The van der Waals surface area contributed by atoms with E-state index in [1.54, 1.807) is 0 Å². The Morgan fingerprint density at radius 3 is 2.81 bits per heavy atom. The van der Waals surface area contributed by atoms with Crippen molar-refractivity contribution in [1.82, 2.24) is 0 Å². The van der Waals surface area contributed by atoms with E-state index in [0.29, 0.717) is 12.7 Å². The summed E-state index contributed by atoms with van der Waals surface area (Å²) in [6, 6.07) is 1.48. The Hall–Kier alpha value is -1.22. The number of hydrogen-bond donors (Lipinski definition) is 1. The van der Waals surface area contributed by atoms with E-state index in [-0.39, 0.29) is 12.7 Å². The molecule has 0 radical (unpaired) electrons. The van der Waals surface area contributed by atoms with Gasteiger partial charge in [0.1, 0.15) is 17.3 Å². The van der Waals surface area contributed by atoms with Crippen LogP contribution < -0.4 is 5.14 Å². The summed E-state index contributed by atoms with van der Waals surface area (Å²) >= 11 is 5.60. The number of primary sulfonamides is 1. The van der Waals surface area contributed by atoms with Crippen LogP contribution in [0, 0.1) is 5.82 Å². The van der Waals surface area contributed by atoms with Gasteiger partial charge in [-0.1, -0.05) is 11.6 Å². The summed E-state index contributed by atoms with van der Waals surface area (Å²) in [4.78, 5) is 11.3. The van der Waals surface area contributed by atoms with Gasteiger partial charge in [0, 0.05) is 6.61 Å². The average Bonchev–Trinajstić information content (AvgIpc) is 2.87. The van der Waals surface area contributed by atoms with Crippen LogP contribution in [0.15, 0.2) is 17.0 Å². The van der Waals surface area contributed by atoms with Crippen LogP contribution in [-0.4, -0.2) is 33.7 Å². The van der Waals surface area contributed by atoms with Gasteiger partial charge in [-0.25, -0.2) is 22.7 Å². The number of carbonyl (C=O) groups excluding carboxylic acids is 1. The highest BCUT2D eigenvalue weighted by Gasteiger charge is 2.23. The first-order valence-electron chi connectivity index (χ1n) is 6.09. The zero-order chi connectivity index (χ0) is 15.6. The van der Waals surface area contributed by atoms with E-state index in [9.17, 15) is 17.6 Å². The van der Waals surface area contributed by atoms with Crippen molar-refractivity contribution >= 4 is 27.6 Å². The number of halogens is 2. The molecule has 2 N–H and O–H groups in total. The monoisotopic (exact) mass is 337 g/mol. The number of carbonyl (C=O) groups is 1. The fourth-order valence-electron chi connectivity index (χ4n) is 1.93. The maximum absolute atomic E-state index is 13.7. The van der Waals surface area contributed by atoms with Crippen LogP contribution in [0.2, 0.25) is 5.02 Å². The van der Waals surface area contributed by atoms with Crippen LogP contribution in [0.1, 0.15) is 23.2 Å². The zero-order valence-electron chi connectivity index (χ0n) is 10.8. The second kappa shape index (κ2) is 6.27. The normalized spacial score (nSPS) is 18.7. The topological polar surface area (TPSA) is 95.7 Å². The molecule has 2 rings (SSSR count). The molecule has 1 aromatic rings. The minimum Gasteiger partial charge on any atom is -0.459 e. The number of esters is 1. The van der Waals surface area contributed by atoms with Crippen molar-refractivity contribution in [3.8, 4) is 0 Å². The molecule has 0 aliphatic carbocycles. The van der Waals surface area contributed by atoms with Crippen molar-refractivity contribution in [3.05, 3.63) is 28.5 Å². The summed E-state index contributed by atoms with van der Waals surface area (Å²) in [5.74, 6) is -1.98. The molecule has 1 atom stereocenters. The Kier molecular flexibility index (Phi) is 4.82. The van der Waals surface area contributed by atoms with Crippen LogP contribution >= 0.6 is 11.6 Å². The van der Waals surface area contributed by atoms with Gasteiger partial charge < -0.3 is 9.47 Å². The Balaban J connectivity index is 2.20. The third kappa shape index (κ3) is 3.91. The molecule has 0 spiro atoms. The number of rotatable bonds is 4. The van der Waals surface area contributed by atoms with Crippen LogP contribution in [-0.2, 0) is 19.5 Å². The molecule has 9 heteroatoms. The molecule has 0 amide bonds. The third-order valence-electron chi connectivity index (χ3n) is 2.97. The van der Waals surface area contributed by atoms with Crippen molar-refractivity contribution in [3.63, 3.8) is 0 Å². The fourth-order valence-corrected chi connectivity index (χ4v) is 3.01. The highest BCUT2D eigenvalue weighted by molar-refractivity contribution is 7.89. The first kappa shape index (κ1) is 16.2. The van der Waals surface area contributed by atoms with Crippen molar-refractivity contribution in [2.45, 2.75) is 23.8 Å². The predicted molar refractivity (Wildman–Crippen MR) is 72.0 cm³/mol. The first-order valence-corrected chi connectivity index (χ1v) is 8.02. The third-order valence-corrected chi connectivity index (χ3v) is 4.35. The van der Waals surface area contributed by atoms with Gasteiger partial charge in [-0.3, -0.25) is 0 Å². The van der Waals surface area contributed by atoms with E-state index in [2.05, 4.69) is 0 Å². The average molecular weight is 338 g/mol. The lowest BCUT2D eigenvalue weighted by Crippen LogP contribution is -2.19. The fraction of sp³-hybridized carbons (Fsp3) is 0.417. The molecule has 1 aliphatic heterocycles. The molecule has 0 saturated carbocycles. The number of benzene rings is 1. The van der Waals surface area contributed by atoms with E-state index in [0.717, 1.165) is 18.9 Å².